The van der Waals surface area contributed by atoms with Gasteiger partial charge in [0.25, 0.3) is 5.56 Å². The van der Waals surface area contributed by atoms with E-state index >= 15 is 0 Å². The fraction of sp³-hybridized carbons (Fsp3) is 0. The zero-order chi connectivity index (χ0) is 14.7. The first-order valence-electron chi connectivity index (χ1n) is 6.13. The predicted molar refractivity (Wildman–Crippen MR) is 80.3 cm³/mol. The molecule has 0 amide bonds. The summed E-state index contributed by atoms with van der Waals surface area (Å²) in [6.07, 6.45) is 3.28. The summed E-state index contributed by atoms with van der Waals surface area (Å²) >= 11 is 6.00. The molecule has 7 heteroatoms. The fourth-order valence-corrected chi connectivity index (χ4v) is 1.98. The van der Waals surface area contributed by atoms with Crippen molar-refractivity contribution in [3.05, 3.63) is 64.2 Å². The second kappa shape index (κ2) is 5.72. The van der Waals surface area contributed by atoms with E-state index in [0.717, 1.165) is 5.56 Å². The van der Waals surface area contributed by atoms with Gasteiger partial charge in [-0.1, -0.05) is 23.7 Å². The Morgan fingerprint density at radius 3 is 2.67 bits per heavy atom. The molecule has 0 saturated carbocycles. The number of hydrogen-bond acceptors (Lipinski definition) is 4. The lowest BCUT2D eigenvalue weighted by Crippen LogP contribution is -1.96. The summed E-state index contributed by atoms with van der Waals surface area (Å²) in [5.74, 6) is 0. The molecule has 1 aromatic carbocycles. The van der Waals surface area contributed by atoms with Gasteiger partial charge >= 0.3 is 0 Å². The van der Waals surface area contributed by atoms with Crippen LogP contribution in [0.15, 0.2) is 63.8 Å². The molecule has 2 N–H and O–H groups in total. The molecule has 2 heterocycles. The number of pyridine rings is 1. The highest BCUT2D eigenvalue weighted by Crippen LogP contribution is 2.28. The van der Waals surface area contributed by atoms with E-state index in [9.17, 15) is 4.79 Å². The average molecular weight is 300 g/mol. The van der Waals surface area contributed by atoms with E-state index in [-0.39, 0.29) is 11.2 Å². The Hall–Kier alpha value is -2.73. The van der Waals surface area contributed by atoms with E-state index < -0.39 is 0 Å². The van der Waals surface area contributed by atoms with Crippen LogP contribution < -0.4 is 5.56 Å². The van der Waals surface area contributed by atoms with Crippen LogP contribution in [0.4, 0.5) is 11.4 Å². The van der Waals surface area contributed by atoms with Gasteiger partial charge in [0.2, 0.25) is 0 Å². The number of rotatable bonds is 3. The molecule has 2 aromatic heterocycles. The molecule has 6 nitrogen and oxygen atoms in total. The second-order valence-corrected chi connectivity index (χ2v) is 4.60. The predicted octanol–water partition coefficient (Wildman–Crippen LogP) is 3.83. The molecule has 0 spiro atoms. The van der Waals surface area contributed by atoms with Crippen molar-refractivity contribution in [3.8, 4) is 11.3 Å². The van der Waals surface area contributed by atoms with Gasteiger partial charge in [-0.3, -0.25) is 20.0 Å². The van der Waals surface area contributed by atoms with Gasteiger partial charge in [0.15, 0.2) is 5.69 Å². The molecule has 0 aliphatic heterocycles. The topological polar surface area (TPSA) is 86.3 Å². The number of hydrogen-bond donors (Lipinski definition) is 2. The van der Waals surface area contributed by atoms with Crippen LogP contribution in [0.5, 0.6) is 0 Å². The molecular formula is C14H10ClN5O. The quantitative estimate of drug-likeness (QED) is 0.720. The minimum Gasteiger partial charge on any atom is -0.295 e. The number of azo groups is 1. The maximum absolute atomic E-state index is 11.8. The number of nitrogens with one attached hydrogen (secondary N) is 2. The standard InChI is InChI=1S/C14H10ClN5O/c15-10-5-1-2-6-11(10)17-19-13-12(18-20-14(13)21)9-4-3-7-16-8-9/h1-8H,(H2,18,20,21). The highest BCUT2D eigenvalue weighted by molar-refractivity contribution is 6.32. The van der Waals surface area contributed by atoms with Crippen molar-refractivity contribution in [1.82, 2.24) is 15.2 Å². The molecular weight excluding hydrogens is 290 g/mol. The average Bonchev–Trinajstić information content (AvgIpc) is 2.88. The maximum atomic E-state index is 11.8. The number of aromatic amines is 2. The Kier molecular flexibility index (Phi) is 3.61. The molecule has 0 saturated heterocycles. The van der Waals surface area contributed by atoms with Gasteiger partial charge in [-0.05, 0) is 24.3 Å². The number of H-pyrrole nitrogens is 2. The summed E-state index contributed by atoms with van der Waals surface area (Å²) in [4.78, 5) is 15.8. The molecule has 21 heavy (non-hydrogen) atoms. The van der Waals surface area contributed by atoms with Crippen molar-refractivity contribution in [2.24, 2.45) is 10.2 Å². The zero-order valence-electron chi connectivity index (χ0n) is 10.7. The Morgan fingerprint density at radius 1 is 1.05 bits per heavy atom. The van der Waals surface area contributed by atoms with Crippen molar-refractivity contribution in [3.63, 3.8) is 0 Å². The van der Waals surface area contributed by atoms with Gasteiger partial charge in [-0.25, -0.2) is 0 Å². The highest BCUT2D eigenvalue weighted by atomic mass is 35.5. The Bertz CT molecular complexity index is 838. The highest BCUT2D eigenvalue weighted by Gasteiger charge is 2.11. The normalized spacial score (nSPS) is 11.1. The lowest BCUT2D eigenvalue weighted by atomic mass is 10.2. The molecule has 0 aliphatic rings. The van der Waals surface area contributed by atoms with E-state index in [4.69, 9.17) is 11.6 Å². The van der Waals surface area contributed by atoms with Crippen molar-refractivity contribution in [1.29, 1.82) is 0 Å². The molecule has 0 unspecified atom stereocenters. The molecule has 0 radical (unpaired) electrons. The minimum absolute atomic E-state index is 0.183. The van der Waals surface area contributed by atoms with Gasteiger partial charge < -0.3 is 0 Å². The summed E-state index contributed by atoms with van der Waals surface area (Å²) in [7, 11) is 0. The van der Waals surface area contributed by atoms with E-state index in [1.54, 1.807) is 42.7 Å². The van der Waals surface area contributed by atoms with Crippen LogP contribution in [-0.4, -0.2) is 15.2 Å². The van der Waals surface area contributed by atoms with Gasteiger partial charge in [-0.2, -0.15) is 0 Å². The Balaban J connectivity index is 2.02. The number of aromatic nitrogens is 3. The second-order valence-electron chi connectivity index (χ2n) is 4.20. The van der Waals surface area contributed by atoms with Crippen LogP contribution >= 0.6 is 11.6 Å². The summed E-state index contributed by atoms with van der Waals surface area (Å²) in [5, 5.41) is 13.8. The smallest absolute Gasteiger partial charge is 0.292 e. The summed E-state index contributed by atoms with van der Waals surface area (Å²) in [6, 6.07) is 10.6. The van der Waals surface area contributed by atoms with Crippen molar-refractivity contribution in [2.45, 2.75) is 0 Å². The largest absolute Gasteiger partial charge is 0.295 e. The SMILES string of the molecule is O=c1[nH][nH]c(-c2cccnc2)c1N=Nc1ccccc1Cl. The molecule has 3 rings (SSSR count). The molecule has 0 atom stereocenters. The first-order chi connectivity index (χ1) is 10.3. The fourth-order valence-electron chi connectivity index (χ4n) is 1.80. The van der Waals surface area contributed by atoms with Crippen LogP contribution in [0.1, 0.15) is 0 Å². The van der Waals surface area contributed by atoms with Gasteiger partial charge in [0.05, 0.1) is 10.7 Å². The lowest BCUT2D eigenvalue weighted by Gasteiger charge is -1.97. The molecule has 0 bridgehead atoms. The van der Waals surface area contributed by atoms with E-state index in [1.807, 2.05) is 6.07 Å². The monoisotopic (exact) mass is 299 g/mol. The van der Waals surface area contributed by atoms with Crippen molar-refractivity contribution in [2.75, 3.05) is 0 Å². The van der Waals surface area contributed by atoms with Crippen LogP contribution in [0.25, 0.3) is 11.3 Å². The molecule has 104 valence electrons. The molecule has 0 aliphatic carbocycles. The van der Waals surface area contributed by atoms with E-state index in [2.05, 4.69) is 25.4 Å². The maximum Gasteiger partial charge on any atom is 0.292 e. The lowest BCUT2D eigenvalue weighted by molar-refractivity contribution is 1.06. The number of nitrogens with zero attached hydrogens (tertiary/aromatic N) is 3. The number of halogens is 1. The third-order valence-corrected chi connectivity index (χ3v) is 3.13. The van der Waals surface area contributed by atoms with E-state index in [1.165, 1.54) is 0 Å². The van der Waals surface area contributed by atoms with Crippen LogP contribution in [-0.2, 0) is 0 Å². The first-order valence-corrected chi connectivity index (χ1v) is 6.51. The Labute approximate surface area is 124 Å². The van der Waals surface area contributed by atoms with Crippen LogP contribution in [0.2, 0.25) is 5.02 Å². The summed E-state index contributed by atoms with van der Waals surface area (Å²) in [5.41, 5.74) is 1.59. The van der Waals surface area contributed by atoms with Crippen LogP contribution in [0, 0.1) is 0 Å². The molecule has 0 fully saturated rings. The van der Waals surface area contributed by atoms with Gasteiger partial charge in [-0.15, -0.1) is 10.2 Å². The van der Waals surface area contributed by atoms with Crippen LogP contribution in [0.3, 0.4) is 0 Å². The summed E-state index contributed by atoms with van der Waals surface area (Å²) < 4.78 is 0. The van der Waals surface area contributed by atoms with Gasteiger partial charge in [0.1, 0.15) is 5.69 Å². The Morgan fingerprint density at radius 2 is 1.90 bits per heavy atom. The third kappa shape index (κ3) is 2.75. The zero-order valence-corrected chi connectivity index (χ0v) is 11.5. The van der Waals surface area contributed by atoms with Crippen molar-refractivity contribution < 1.29 is 0 Å². The van der Waals surface area contributed by atoms with Gasteiger partial charge in [0, 0.05) is 18.0 Å². The first kappa shape index (κ1) is 13.3. The summed E-state index contributed by atoms with van der Waals surface area (Å²) in [6.45, 7) is 0. The number of benzene rings is 1. The third-order valence-electron chi connectivity index (χ3n) is 2.81. The van der Waals surface area contributed by atoms with E-state index in [0.29, 0.717) is 16.4 Å². The van der Waals surface area contributed by atoms with Crippen molar-refractivity contribution >= 4 is 23.0 Å². The molecule has 3 aromatic rings. The minimum atomic E-state index is -0.357.